The molecule has 0 aromatic carbocycles. The number of rotatable bonds is 1. The molecule has 0 aliphatic heterocycles. The summed E-state index contributed by atoms with van der Waals surface area (Å²) in [6.07, 6.45) is 0. The highest BCUT2D eigenvalue weighted by Crippen LogP contribution is 2.43. The number of allylic oxidation sites excluding steroid dienone is 3. The van der Waals surface area contributed by atoms with E-state index in [4.69, 9.17) is 92.8 Å². The lowest BCUT2D eigenvalue weighted by molar-refractivity contribution is 1.39. The Morgan fingerprint density at radius 3 is 1.31 bits per heavy atom. The van der Waals surface area contributed by atoms with Crippen LogP contribution in [0.5, 0.6) is 0 Å². The maximum absolute atomic E-state index is 5.60. The average Bonchev–Trinajstić information content (AvgIpc) is 1.98. The molecule has 0 aromatic rings. The van der Waals surface area contributed by atoms with Gasteiger partial charge in [-0.1, -0.05) is 92.8 Å². The van der Waals surface area contributed by atoms with E-state index in [1.54, 1.807) is 0 Å². The molecule has 0 radical (unpaired) electrons. The van der Waals surface area contributed by atoms with Gasteiger partial charge in [-0.25, -0.2) is 0 Å². The molecule has 0 spiro atoms. The third-order valence-electron chi connectivity index (χ3n) is 0.800. The van der Waals surface area contributed by atoms with E-state index < -0.39 is 3.79 Å². The predicted octanol–water partition coefficient (Wildman–Crippen LogP) is 5.93. The van der Waals surface area contributed by atoms with E-state index in [0.29, 0.717) is 0 Å². The van der Waals surface area contributed by atoms with Crippen molar-refractivity contribution in [2.24, 2.45) is 0 Å². The van der Waals surface area contributed by atoms with Crippen LogP contribution in [0.2, 0.25) is 0 Å². The second kappa shape index (κ2) is 5.77. The van der Waals surface area contributed by atoms with E-state index in [1.165, 1.54) is 0 Å². The van der Waals surface area contributed by atoms with Crippen molar-refractivity contribution in [3.63, 3.8) is 0 Å². The molecule has 0 rings (SSSR count). The van der Waals surface area contributed by atoms with E-state index >= 15 is 0 Å². The molecule has 8 heteroatoms. The van der Waals surface area contributed by atoms with Gasteiger partial charge in [0.15, 0.2) is 0 Å². The minimum absolute atomic E-state index is 0.179. The molecule has 0 bridgehead atoms. The molecule has 0 atom stereocenters. The Labute approximate surface area is 115 Å². The first-order valence-electron chi connectivity index (χ1n) is 2.51. The van der Waals surface area contributed by atoms with Crippen LogP contribution in [0.3, 0.4) is 0 Å². The smallest absolute Gasteiger partial charge is 0.0828 e. The molecule has 0 nitrogen and oxygen atoms in total. The van der Waals surface area contributed by atoms with Gasteiger partial charge in [-0.05, 0) is 0 Å². The largest absolute Gasteiger partial charge is 0.227 e. The minimum Gasteiger partial charge on any atom is -0.0828 e. The molecule has 0 unspecified atom stereocenters. The van der Waals surface area contributed by atoms with Crippen molar-refractivity contribution in [1.29, 1.82) is 0 Å². The van der Waals surface area contributed by atoms with E-state index in [-0.39, 0.29) is 19.6 Å². The van der Waals surface area contributed by atoms with E-state index in [9.17, 15) is 0 Å². The second-order valence-corrected chi connectivity index (χ2v) is 6.06. The lowest BCUT2D eigenvalue weighted by Gasteiger charge is -2.11. The van der Waals surface area contributed by atoms with Crippen LogP contribution in [-0.4, -0.2) is 3.79 Å². The van der Waals surface area contributed by atoms with Crippen molar-refractivity contribution in [2.45, 2.75) is 3.79 Å². The van der Waals surface area contributed by atoms with Gasteiger partial charge in [0, 0.05) is 0 Å². The summed E-state index contributed by atoms with van der Waals surface area (Å²) in [5.74, 6) is 0. The average molecular weight is 344 g/mol. The normalized spacial score (nSPS) is 13.8. The molecule has 0 saturated heterocycles. The third kappa shape index (κ3) is 4.90. The molecule has 0 aromatic heterocycles. The highest BCUT2D eigenvalue weighted by atomic mass is 35.6. The van der Waals surface area contributed by atoms with Crippen LogP contribution in [0, 0.1) is 0 Å². The summed E-state index contributed by atoms with van der Waals surface area (Å²) in [6.45, 7) is 0. The zero-order valence-corrected chi connectivity index (χ0v) is 11.6. The summed E-state index contributed by atoms with van der Waals surface area (Å²) >= 11 is 43.6. The van der Waals surface area contributed by atoms with E-state index in [1.807, 2.05) is 0 Å². The maximum atomic E-state index is 5.60. The highest BCUT2D eigenvalue weighted by Gasteiger charge is 2.28. The lowest BCUT2D eigenvalue weighted by atomic mass is 10.5. The Balaban J connectivity index is 5.18. The Hall–Kier alpha value is 1.80. The van der Waals surface area contributed by atoms with Crippen LogP contribution in [0.25, 0.3) is 0 Å². The van der Waals surface area contributed by atoms with Gasteiger partial charge in [0.05, 0.1) is 15.1 Å². The Morgan fingerprint density at radius 1 is 0.692 bits per heavy atom. The van der Waals surface area contributed by atoms with Gasteiger partial charge in [-0.3, -0.25) is 0 Å². The van der Waals surface area contributed by atoms with Gasteiger partial charge in [0.2, 0.25) is 3.79 Å². The third-order valence-corrected chi connectivity index (χ3v) is 3.65. The van der Waals surface area contributed by atoms with Crippen LogP contribution in [0.1, 0.15) is 0 Å². The minimum atomic E-state index is -1.86. The van der Waals surface area contributed by atoms with Crippen LogP contribution in [-0.2, 0) is 0 Å². The molecular formula is C5Cl8. The van der Waals surface area contributed by atoms with Gasteiger partial charge < -0.3 is 0 Å². The van der Waals surface area contributed by atoms with Crippen LogP contribution in [0.4, 0.5) is 0 Å². The van der Waals surface area contributed by atoms with Crippen LogP contribution in [0.15, 0.2) is 19.6 Å². The molecule has 0 saturated carbocycles. The molecular weight excluding hydrogens is 344 g/mol. The second-order valence-electron chi connectivity index (χ2n) is 1.70. The molecule has 0 N–H and O–H groups in total. The summed E-state index contributed by atoms with van der Waals surface area (Å²) in [5.41, 5.74) is 0. The molecule has 0 aliphatic rings. The summed E-state index contributed by atoms with van der Waals surface area (Å²) in [6, 6.07) is 0. The van der Waals surface area contributed by atoms with Crippen molar-refractivity contribution in [3.05, 3.63) is 19.6 Å². The lowest BCUT2D eigenvalue weighted by Crippen LogP contribution is -2.03. The standard InChI is InChI=1S/C5Cl8/c6-1(2(7)4(9)10)3(8)5(11,12)13/b3-1+. The fourth-order valence-electron chi connectivity index (χ4n) is 0.304. The maximum Gasteiger partial charge on any atom is 0.227 e. The van der Waals surface area contributed by atoms with Gasteiger partial charge in [-0.15, -0.1) is 0 Å². The van der Waals surface area contributed by atoms with Crippen LogP contribution >= 0.6 is 92.8 Å². The summed E-state index contributed by atoms with van der Waals surface area (Å²) in [5, 5.41) is -0.660. The molecule has 0 fully saturated rings. The molecule has 76 valence electrons. The first kappa shape index (κ1) is 14.8. The van der Waals surface area contributed by atoms with Crippen LogP contribution < -0.4 is 0 Å². The molecule has 0 aliphatic carbocycles. The number of alkyl halides is 3. The van der Waals surface area contributed by atoms with Gasteiger partial charge in [0.25, 0.3) is 0 Å². The first-order chi connectivity index (χ1) is 5.68. The number of hydrogen-bond acceptors (Lipinski definition) is 0. The molecule has 13 heavy (non-hydrogen) atoms. The predicted molar refractivity (Wildman–Crippen MR) is 63.6 cm³/mol. The van der Waals surface area contributed by atoms with Crippen molar-refractivity contribution < 1.29 is 0 Å². The zero-order valence-electron chi connectivity index (χ0n) is 5.52. The summed E-state index contributed by atoms with van der Waals surface area (Å²) in [7, 11) is 0. The number of halogens is 8. The van der Waals surface area contributed by atoms with Gasteiger partial charge in [0.1, 0.15) is 4.49 Å². The van der Waals surface area contributed by atoms with Crippen molar-refractivity contribution in [3.8, 4) is 0 Å². The topological polar surface area (TPSA) is 0 Å². The fourth-order valence-corrected chi connectivity index (χ4v) is 1.49. The summed E-state index contributed by atoms with van der Waals surface area (Å²) < 4.78 is -2.12. The monoisotopic (exact) mass is 340 g/mol. The molecule has 0 amide bonds. The van der Waals surface area contributed by atoms with Gasteiger partial charge >= 0.3 is 0 Å². The van der Waals surface area contributed by atoms with E-state index in [0.717, 1.165) is 0 Å². The SMILES string of the molecule is ClC(Cl)=C(Cl)/C(Cl)=C(\Cl)C(Cl)(Cl)Cl. The van der Waals surface area contributed by atoms with Crippen molar-refractivity contribution >= 4 is 92.8 Å². The number of hydrogen-bond donors (Lipinski definition) is 0. The van der Waals surface area contributed by atoms with Crippen molar-refractivity contribution in [2.75, 3.05) is 0 Å². The van der Waals surface area contributed by atoms with Gasteiger partial charge in [-0.2, -0.15) is 0 Å². The summed E-state index contributed by atoms with van der Waals surface area (Å²) in [4.78, 5) is 0. The Bertz CT molecular complexity index is 252. The fraction of sp³-hybridized carbons (Fsp3) is 0.200. The Morgan fingerprint density at radius 2 is 1.08 bits per heavy atom. The Kier molecular flexibility index (Phi) is 6.57. The van der Waals surface area contributed by atoms with Crippen molar-refractivity contribution in [1.82, 2.24) is 0 Å². The first-order valence-corrected chi connectivity index (χ1v) is 5.54. The highest BCUT2D eigenvalue weighted by molar-refractivity contribution is 6.74. The van der Waals surface area contributed by atoms with E-state index in [2.05, 4.69) is 0 Å². The quantitative estimate of drug-likeness (QED) is 0.409. The zero-order chi connectivity index (χ0) is 10.8. The molecule has 0 heterocycles.